The minimum absolute atomic E-state index is 0.0428. The average molecular weight is 375 g/mol. The molecule has 2 aliphatic carbocycles. The summed E-state index contributed by atoms with van der Waals surface area (Å²) in [5, 5.41) is 0. The molecule has 0 aromatic heterocycles. The van der Waals surface area contributed by atoms with E-state index in [0.29, 0.717) is 22.8 Å². The highest BCUT2D eigenvalue weighted by molar-refractivity contribution is 5.95. The van der Waals surface area contributed by atoms with Crippen molar-refractivity contribution >= 4 is 5.91 Å². The molecule has 3 fully saturated rings. The summed E-state index contributed by atoms with van der Waals surface area (Å²) in [6.45, 7) is 3.76. The van der Waals surface area contributed by atoms with E-state index in [1.807, 2.05) is 4.90 Å². The Balaban J connectivity index is 1.43. The van der Waals surface area contributed by atoms with Gasteiger partial charge in [0.15, 0.2) is 11.5 Å². The Morgan fingerprint density at radius 2 is 1.67 bits per heavy atom. The van der Waals surface area contributed by atoms with E-state index in [1.54, 1.807) is 38.4 Å². The van der Waals surface area contributed by atoms with Crippen molar-refractivity contribution in [1.82, 2.24) is 4.90 Å². The third-order valence-corrected chi connectivity index (χ3v) is 6.87. The zero-order chi connectivity index (χ0) is 19.0. The molecule has 6 heteroatoms. The van der Waals surface area contributed by atoms with Crippen LogP contribution < -0.4 is 19.1 Å². The number of carbonyl (C=O) groups excluding carboxylic acids is 1. The molecule has 1 aromatic carbocycles. The summed E-state index contributed by atoms with van der Waals surface area (Å²) in [7, 11) is 4.71. The highest BCUT2D eigenvalue weighted by Gasteiger charge is 2.45. The van der Waals surface area contributed by atoms with Crippen LogP contribution in [0.15, 0.2) is 12.1 Å². The Kier molecular flexibility index (Phi) is 5.17. The standard InChI is InChI=1S/C21H30N2O4/c1-25-18-12-16(13-19(26-2)20(18)27-3)21(24)23-8-6-22(7-9-23)17-11-14-4-5-15(17)10-14/h12-15,17H,4-11H2,1-3H3/p+1/t14-,15+,17+/m0/s1. The second-order valence-corrected chi connectivity index (χ2v) is 8.15. The number of ether oxygens (including phenoxy) is 3. The molecule has 27 heavy (non-hydrogen) atoms. The van der Waals surface area contributed by atoms with Gasteiger partial charge in [0, 0.05) is 17.9 Å². The van der Waals surface area contributed by atoms with E-state index in [1.165, 1.54) is 25.7 Å². The quantitative estimate of drug-likeness (QED) is 0.841. The maximum atomic E-state index is 13.1. The van der Waals surface area contributed by atoms with E-state index in [4.69, 9.17) is 14.2 Å². The Hall–Kier alpha value is -1.95. The highest BCUT2D eigenvalue weighted by atomic mass is 16.5. The third kappa shape index (κ3) is 3.35. The van der Waals surface area contributed by atoms with E-state index in [2.05, 4.69) is 0 Å². The van der Waals surface area contributed by atoms with E-state index in [-0.39, 0.29) is 5.91 Å². The number of hydrogen-bond acceptors (Lipinski definition) is 4. The van der Waals surface area contributed by atoms with Crippen molar-refractivity contribution in [3.63, 3.8) is 0 Å². The van der Waals surface area contributed by atoms with Crippen LogP contribution in [0.3, 0.4) is 0 Å². The van der Waals surface area contributed by atoms with Gasteiger partial charge in [-0.1, -0.05) is 0 Å². The van der Waals surface area contributed by atoms with E-state index >= 15 is 0 Å². The molecule has 0 radical (unpaired) electrons. The summed E-state index contributed by atoms with van der Waals surface area (Å²) in [6.07, 6.45) is 5.72. The molecule has 3 atom stereocenters. The summed E-state index contributed by atoms with van der Waals surface area (Å²) in [5.74, 6) is 3.51. The van der Waals surface area contributed by atoms with Gasteiger partial charge in [-0.3, -0.25) is 4.79 Å². The Morgan fingerprint density at radius 1 is 1.00 bits per heavy atom. The summed E-state index contributed by atoms with van der Waals surface area (Å²) >= 11 is 0. The fraction of sp³-hybridized carbons (Fsp3) is 0.667. The van der Waals surface area contributed by atoms with Gasteiger partial charge in [0.25, 0.3) is 5.91 Å². The molecule has 6 nitrogen and oxygen atoms in total. The number of rotatable bonds is 5. The van der Waals surface area contributed by atoms with E-state index in [9.17, 15) is 4.79 Å². The minimum Gasteiger partial charge on any atom is -0.493 e. The van der Waals surface area contributed by atoms with Crippen LogP contribution in [0, 0.1) is 11.8 Å². The first-order chi connectivity index (χ1) is 13.1. The zero-order valence-corrected chi connectivity index (χ0v) is 16.6. The van der Waals surface area contributed by atoms with Gasteiger partial charge in [-0.15, -0.1) is 0 Å². The van der Waals surface area contributed by atoms with Gasteiger partial charge in [0.1, 0.15) is 0 Å². The minimum atomic E-state index is 0.0428. The Bertz CT molecular complexity index is 674. The molecular formula is C21H31N2O4+. The number of methoxy groups -OCH3 is 3. The zero-order valence-electron chi connectivity index (χ0n) is 16.6. The number of nitrogens with zero attached hydrogens (tertiary/aromatic N) is 1. The maximum absolute atomic E-state index is 13.1. The second-order valence-electron chi connectivity index (χ2n) is 8.15. The van der Waals surface area contributed by atoms with Crippen molar-refractivity contribution in [3.8, 4) is 17.2 Å². The molecule has 1 aliphatic heterocycles. The van der Waals surface area contributed by atoms with Gasteiger partial charge in [-0.05, 0) is 37.3 Å². The predicted octanol–water partition coefficient (Wildman–Crippen LogP) is 1.24. The number of carbonyl (C=O) groups is 1. The number of nitrogens with one attached hydrogen (secondary N) is 1. The number of piperazine rings is 1. The van der Waals surface area contributed by atoms with E-state index < -0.39 is 0 Å². The van der Waals surface area contributed by atoms with Crippen molar-refractivity contribution in [1.29, 1.82) is 0 Å². The summed E-state index contributed by atoms with van der Waals surface area (Å²) < 4.78 is 16.1. The molecule has 0 spiro atoms. The lowest BCUT2D eigenvalue weighted by molar-refractivity contribution is -0.932. The first-order valence-electron chi connectivity index (χ1n) is 10.1. The first-order valence-corrected chi connectivity index (χ1v) is 10.1. The molecular weight excluding hydrogens is 344 g/mol. The summed E-state index contributed by atoms with van der Waals surface area (Å²) in [5.41, 5.74) is 0.591. The van der Waals surface area contributed by atoms with Crippen LogP contribution in [0.5, 0.6) is 17.2 Å². The second kappa shape index (κ2) is 7.58. The van der Waals surface area contributed by atoms with Gasteiger partial charge in [-0.2, -0.15) is 0 Å². The van der Waals surface area contributed by atoms with Crippen LogP contribution in [0.25, 0.3) is 0 Å². The van der Waals surface area contributed by atoms with Crippen LogP contribution in [0.2, 0.25) is 0 Å². The van der Waals surface area contributed by atoms with Gasteiger partial charge < -0.3 is 24.0 Å². The van der Waals surface area contributed by atoms with Crippen LogP contribution in [0.4, 0.5) is 0 Å². The SMILES string of the molecule is COc1cc(C(=O)N2CC[NH+]([C@@H]3C[C@H]4CC[C@@H]3C4)CC2)cc(OC)c1OC. The van der Waals surface area contributed by atoms with Gasteiger partial charge in [0.2, 0.25) is 5.75 Å². The van der Waals surface area contributed by atoms with Crippen LogP contribution in [-0.4, -0.2) is 64.4 Å². The lowest BCUT2D eigenvalue weighted by Crippen LogP contribution is -3.18. The number of amides is 1. The fourth-order valence-electron chi connectivity index (χ4n) is 5.50. The van der Waals surface area contributed by atoms with Crippen molar-refractivity contribution in [2.24, 2.45) is 11.8 Å². The summed E-state index contributed by atoms with van der Waals surface area (Å²) in [6, 6.07) is 4.33. The lowest BCUT2D eigenvalue weighted by atomic mass is 9.93. The molecule has 0 unspecified atom stereocenters. The van der Waals surface area contributed by atoms with Crippen LogP contribution >= 0.6 is 0 Å². The van der Waals surface area contributed by atoms with Crippen LogP contribution in [-0.2, 0) is 0 Å². The van der Waals surface area contributed by atoms with Gasteiger partial charge in [-0.25, -0.2) is 0 Å². The van der Waals surface area contributed by atoms with Crippen molar-refractivity contribution in [2.75, 3.05) is 47.5 Å². The molecule has 1 N–H and O–H groups in total. The normalized spacial score (nSPS) is 27.7. The van der Waals surface area contributed by atoms with Crippen molar-refractivity contribution < 1.29 is 23.9 Å². The van der Waals surface area contributed by atoms with Crippen LogP contribution in [0.1, 0.15) is 36.0 Å². The number of fused-ring (bicyclic) bond motifs is 2. The molecule has 3 aliphatic rings. The molecule has 1 amide bonds. The monoisotopic (exact) mass is 375 g/mol. The first kappa shape index (κ1) is 18.4. The molecule has 4 rings (SSSR count). The van der Waals surface area contributed by atoms with E-state index in [0.717, 1.165) is 44.1 Å². The largest absolute Gasteiger partial charge is 0.493 e. The number of benzene rings is 1. The van der Waals surface area contributed by atoms with Gasteiger partial charge in [0.05, 0.1) is 53.6 Å². The Morgan fingerprint density at radius 3 is 2.15 bits per heavy atom. The molecule has 2 saturated carbocycles. The summed E-state index contributed by atoms with van der Waals surface area (Å²) in [4.78, 5) is 16.7. The molecule has 1 heterocycles. The smallest absolute Gasteiger partial charge is 0.254 e. The molecule has 2 bridgehead atoms. The molecule has 148 valence electrons. The Labute approximate surface area is 161 Å². The van der Waals surface area contributed by atoms with Crippen molar-refractivity contribution in [2.45, 2.75) is 31.7 Å². The van der Waals surface area contributed by atoms with Gasteiger partial charge >= 0.3 is 0 Å². The fourth-order valence-corrected chi connectivity index (χ4v) is 5.50. The molecule has 1 aromatic rings. The predicted molar refractivity (Wildman–Crippen MR) is 102 cm³/mol. The average Bonchev–Trinajstić information content (AvgIpc) is 3.35. The topological polar surface area (TPSA) is 52.4 Å². The lowest BCUT2D eigenvalue weighted by Gasteiger charge is -2.38. The molecule has 1 saturated heterocycles. The number of quaternary nitrogens is 1. The third-order valence-electron chi connectivity index (χ3n) is 6.87. The highest BCUT2D eigenvalue weighted by Crippen LogP contribution is 2.43. The number of hydrogen-bond donors (Lipinski definition) is 1. The maximum Gasteiger partial charge on any atom is 0.254 e. The van der Waals surface area contributed by atoms with Crippen molar-refractivity contribution in [3.05, 3.63) is 17.7 Å².